The van der Waals surface area contributed by atoms with Crippen molar-refractivity contribution in [1.82, 2.24) is 10.2 Å². The van der Waals surface area contributed by atoms with Crippen LogP contribution in [-0.4, -0.2) is 50.3 Å². The predicted octanol–water partition coefficient (Wildman–Crippen LogP) is 3.67. The van der Waals surface area contributed by atoms with Gasteiger partial charge in [-0.15, -0.1) is 24.0 Å². The van der Waals surface area contributed by atoms with Crippen molar-refractivity contribution in [3.05, 3.63) is 53.6 Å². The molecular weight excluding hydrogens is 469 g/mol. The number of aromatic hydroxyl groups is 1. The second kappa shape index (κ2) is 12.3. The van der Waals surface area contributed by atoms with Crippen LogP contribution in [0.2, 0.25) is 0 Å². The Morgan fingerprint density at radius 1 is 1.07 bits per heavy atom. The fourth-order valence-electron chi connectivity index (χ4n) is 2.71. The quantitative estimate of drug-likeness (QED) is 0.330. The van der Waals surface area contributed by atoms with Crippen molar-refractivity contribution >= 4 is 29.9 Å². The number of ether oxygens (including phenoxy) is 2. The minimum atomic E-state index is 0. The van der Waals surface area contributed by atoms with Crippen molar-refractivity contribution < 1.29 is 14.6 Å². The number of methoxy groups -OCH3 is 2. The molecule has 7 heteroatoms. The number of hydrogen-bond donors (Lipinski definition) is 2. The zero-order valence-electron chi connectivity index (χ0n) is 16.9. The van der Waals surface area contributed by atoms with Gasteiger partial charge in [0.15, 0.2) is 5.96 Å². The van der Waals surface area contributed by atoms with Crippen molar-refractivity contribution in [2.24, 2.45) is 4.99 Å². The van der Waals surface area contributed by atoms with Crippen LogP contribution in [0.3, 0.4) is 0 Å². The van der Waals surface area contributed by atoms with Crippen molar-refractivity contribution in [1.29, 1.82) is 0 Å². The van der Waals surface area contributed by atoms with Crippen molar-refractivity contribution in [2.45, 2.75) is 19.9 Å². The van der Waals surface area contributed by atoms with Crippen LogP contribution in [0, 0.1) is 0 Å². The highest BCUT2D eigenvalue weighted by molar-refractivity contribution is 14.0. The largest absolute Gasteiger partial charge is 0.508 e. The molecule has 0 radical (unpaired) electrons. The van der Waals surface area contributed by atoms with Crippen LogP contribution in [0.25, 0.3) is 0 Å². The zero-order valence-corrected chi connectivity index (χ0v) is 19.3. The maximum absolute atomic E-state index is 10.1. The molecule has 6 nitrogen and oxygen atoms in total. The van der Waals surface area contributed by atoms with Gasteiger partial charge in [-0.3, -0.25) is 4.99 Å². The molecule has 28 heavy (non-hydrogen) atoms. The third kappa shape index (κ3) is 7.10. The Balaban J connectivity index is 0.00000392. The summed E-state index contributed by atoms with van der Waals surface area (Å²) in [5.41, 5.74) is 2.03. The van der Waals surface area contributed by atoms with Crippen LogP contribution >= 0.6 is 24.0 Å². The standard InChI is InChI=1S/C21H29N3O3.HI/c1-5-22-21(24(2)15-16-6-9-18(26-3)10-7-16)23-13-12-17-8-11-19(27-4)14-20(17)25;/h6-11,14,25H,5,12-13,15H2,1-4H3,(H,22,23);1H. The Hall–Kier alpha value is -2.16. The van der Waals surface area contributed by atoms with Crippen LogP contribution in [0.5, 0.6) is 17.2 Å². The zero-order chi connectivity index (χ0) is 19.6. The highest BCUT2D eigenvalue weighted by atomic mass is 127. The van der Waals surface area contributed by atoms with Gasteiger partial charge >= 0.3 is 0 Å². The van der Waals surface area contributed by atoms with Crippen LogP contribution in [0.4, 0.5) is 0 Å². The van der Waals surface area contributed by atoms with Crippen molar-refractivity contribution in [3.8, 4) is 17.2 Å². The summed E-state index contributed by atoms with van der Waals surface area (Å²) in [7, 11) is 5.26. The average molecular weight is 499 g/mol. The maximum Gasteiger partial charge on any atom is 0.193 e. The molecule has 2 aromatic rings. The van der Waals surface area contributed by atoms with Gasteiger partial charge < -0.3 is 24.8 Å². The third-order valence-corrected chi connectivity index (χ3v) is 4.21. The lowest BCUT2D eigenvalue weighted by atomic mass is 10.1. The Morgan fingerprint density at radius 3 is 2.29 bits per heavy atom. The molecule has 0 unspecified atom stereocenters. The van der Waals surface area contributed by atoms with Gasteiger partial charge in [-0.1, -0.05) is 18.2 Å². The molecule has 0 saturated heterocycles. The Kier molecular flexibility index (Phi) is 10.5. The van der Waals surface area contributed by atoms with Gasteiger partial charge in [0.25, 0.3) is 0 Å². The van der Waals surface area contributed by atoms with E-state index in [0.29, 0.717) is 18.7 Å². The third-order valence-electron chi connectivity index (χ3n) is 4.21. The summed E-state index contributed by atoms with van der Waals surface area (Å²) in [6, 6.07) is 13.4. The van der Waals surface area contributed by atoms with E-state index in [1.54, 1.807) is 20.3 Å². The minimum absolute atomic E-state index is 0. The summed E-state index contributed by atoms with van der Waals surface area (Å²) >= 11 is 0. The number of nitrogens with zero attached hydrogens (tertiary/aromatic N) is 2. The SMILES string of the molecule is CCNC(=NCCc1ccc(OC)cc1O)N(C)Cc1ccc(OC)cc1.I. The molecule has 0 aliphatic heterocycles. The first-order valence-corrected chi connectivity index (χ1v) is 9.05. The number of nitrogens with one attached hydrogen (secondary N) is 1. The number of guanidine groups is 1. The van der Waals surface area contributed by atoms with Gasteiger partial charge in [0, 0.05) is 32.7 Å². The van der Waals surface area contributed by atoms with Gasteiger partial charge in [0.2, 0.25) is 0 Å². The normalized spacial score (nSPS) is 10.8. The van der Waals surface area contributed by atoms with E-state index in [1.807, 2.05) is 50.4 Å². The molecule has 0 aliphatic carbocycles. The number of benzene rings is 2. The average Bonchev–Trinajstić information content (AvgIpc) is 2.68. The summed E-state index contributed by atoms with van der Waals surface area (Å²) < 4.78 is 10.3. The predicted molar refractivity (Wildman–Crippen MR) is 124 cm³/mol. The summed E-state index contributed by atoms with van der Waals surface area (Å²) in [5, 5.41) is 13.4. The molecule has 2 aromatic carbocycles. The van der Waals surface area contributed by atoms with E-state index in [4.69, 9.17) is 9.47 Å². The fourth-order valence-corrected chi connectivity index (χ4v) is 2.71. The lowest BCUT2D eigenvalue weighted by molar-refractivity contribution is 0.406. The number of rotatable bonds is 8. The van der Waals surface area contributed by atoms with E-state index < -0.39 is 0 Å². The number of phenolic OH excluding ortho intramolecular Hbond substituents is 1. The van der Waals surface area contributed by atoms with Crippen LogP contribution in [0.15, 0.2) is 47.5 Å². The van der Waals surface area contributed by atoms with E-state index in [9.17, 15) is 5.11 Å². The second-order valence-corrected chi connectivity index (χ2v) is 6.18. The smallest absolute Gasteiger partial charge is 0.193 e. The number of hydrogen-bond acceptors (Lipinski definition) is 4. The lowest BCUT2D eigenvalue weighted by Crippen LogP contribution is -2.38. The van der Waals surface area contributed by atoms with Gasteiger partial charge in [-0.05, 0) is 42.7 Å². The second-order valence-electron chi connectivity index (χ2n) is 6.18. The molecular formula is C21H30IN3O3. The molecule has 0 amide bonds. The first-order valence-electron chi connectivity index (χ1n) is 9.05. The minimum Gasteiger partial charge on any atom is -0.508 e. The molecule has 0 bridgehead atoms. The molecule has 2 N–H and O–H groups in total. The summed E-state index contributed by atoms with van der Waals surface area (Å²) in [4.78, 5) is 6.77. The van der Waals surface area contributed by atoms with Gasteiger partial charge in [0.1, 0.15) is 17.2 Å². The molecule has 2 rings (SSSR count). The van der Waals surface area contributed by atoms with E-state index in [1.165, 1.54) is 5.56 Å². The van der Waals surface area contributed by atoms with Crippen molar-refractivity contribution in [3.63, 3.8) is 0 Å². The molecule has 0 spiro atoms. The lowest BCUT2D eigenvalue weighted by Gasteiger charge is -2.22. The summed E-state index contributed by atoms with van der Waals surface area (Å²) in [6.07, 6.45) is 0.654. The van der Waals surface area contributed by atoms with Gasteiger partial charge in [0.05, 0.1) is 14.2 Å². The molecule has 0 aliphatic rings. The maximum atomic E-state index is 10.1. The highest BCUT2D eigenvalue weighted by Gasteiger charge is 2.08. The first kappa shape index (κ1) is 23.9. The van der Waals surface area contributed by atoms with E-state index >= 15 is 0 Å². The van der Waals surface area contributed by atoms with Crippen LogP contribution in [0.1, 0.15) is 18.1 Å². The Morgan fingerprint density at radius 2 is 1.71 bits per heavy atom. The molecule has 0 atom stereocenters. The van der Waals surface area contributed by atoms with E-state index in [-0.39, 0.29) is 29.7 Å². The fraction of sp³-hybridized carbons (Fsp3) is 0.381. The molecule has 0 saturated carbocycles. The Bertz CT molecular complexity index is 751. The van der Waals surface area contributed by atoms with E-state index in [2.05, 4.69) is 15.2 Å². The van der Waals surface area contributed by atoms with Gasteiger partial charge in [-0.2, -0.15) is 0 Å². The highest BCUT2D eigenvalue weighted by Crippen LogP contribution is 2.23. The summed E-state index contributed by atoms with van der Waals surface area (Å²) in [6.45, 7) is 4.16. The van der Waals surface area contributed by atoms with Crippen molar-refractivity contribution in [2.75, 3.05) is 34.4 Å². The molecule has 0 heterocycles. The molecule has 0 aromatic heterocycles. The number of halogens is 1. The van der Waals surface area contributed by atoms with E-state index in [0.717, 1.165) is 30.4 Å². The number of phenols is 1. The van der Waals surface area contributed by atoms with Crippen LogP contribution < -0.4 is 14.8 Å². The first-order chi connectivity index (χ1) is 13.1. The topological polar surface area (TPSA) is 66.3 Å². The van der Waals surface area contributed by atoms with Gasteiger partial charge in [-0.25, -0.2) is 0 Å². The molecule has 154 valence electrons. The Labute approximate surface area is 184 Å². The summed E-state index contributed by atoms with van der Waals surface area (Å²) in [5.74, 6) is 2.57. The monoisotopic (exact) mass is 499 g/mol. The molecule has 0 fully saturated rings. The van der Waals surface area contributed by atoms with Crippen LogP contribution in [-0.2, 0) is 13.0 Å². The number of aliphatic imine (C=N–C) groups is 1.